The van der Waals surface area contributed by atoms with Crippen molar-refractivity contribution in [3.05, 3.63) is 9.81 Å². The van der Waals surface area contributed by atoms with Crippen LogP contribution in [0.15, 0.2) is 9.81 Å². The molecule has 20 heavy (non-hydrogen) atoms. The van der Waals surface area contributed by atoms with E-state index in [1.807, 2.05) is 0 Å². The number of alkyl halides is 3. The molecule has 1 aliphatic rings. The van der Waals surface area contributed by atoms with Crippen molar-refractivity contribution in [1.82, 2.24) is 0 Å². The summed E-state index contributed by atoms with van der Waals surface area (Å²) in [6, 6.07) is 0. The van der Waals surface area contributed by atoms with Crippen molar-refractivity contribution in [1.29, 1.82) is 0 Å². The highest BCUT2D eigenvalue weighted by atomic mass is 32.2. The summed E-state index contributed by atoms with van der Waals surface area (Å²) in [5.74, 6) is -0.729. The van der Waals surface area contributed by atoms with Crippen molar-refractivity contribution in [2.75, 3.05) is 13.4 Å². The standard InChI is InChI=1S/C11H17F3O3S2Si/c1-16-8(15)7-6-10(11(12,13)14,17-20(3,4)5)19-9(7)18-2/h6H2,1-5H3. The Morgan fingerprint density at radius 2 is 1.95 bits per heavy atom. The van der Waals surface area contributed by atoms with Crippen LogP contribution in [0.25, 0.3) is 0 Å². The van der Waals surface area contributed by atoms with Crippen molar-refractivity contribution < 1.29 is 27.1 Å². The molecule has 0 aromatic carbocycles. The molecule has 3 nitrogen and oxygen atoms in total. The van der Waals surface area contributed by atoms with Crippen LogP contribution in [0, 0.1) is 0 Å². The van der Waals surface area contributed by atoms with Crippen LogP contribution in [-0.4, -0.2) is 38.8 Å². The quantitative estimate of drug-likeness (QED) is 0.568. The van der Waals surface area contributed by atoms with Gasteiger partial charge in [0, 0.05) is 6.42 Å². The molecule has 0 N–H and O–H groups in total. The summed E-state index contributed by atoms with van der Waals surface area (Å²) in [4.78, 5) is 9.27. The van der Waals surface area contributed by atoms with E-state index in [2.05, 4.69) is 4.74 Å². The topological polar surface area (TPSA) is 35.5 Å². The molecule has 116 valence electrons. The van der Waals surface area contributed by atoms with Crippen LogP contribution in [0.5, 0.6) is 0 Å². The zero-order valence-electron chi connectivity index (χ0n) is 11.9. The van der Waals surface area contributed by atoms with Gasteiger partial charge in [-0.1, -0.05) is 11.8 Å². The Bertz CT molecular complexity index is 432. The first-order valence-electron chi connectivity index (χ1n) is 5.77. The monoisotopic (exact) mass is 346 g/mol. The molecule has 0 bridgehead atoms. The molecule has 0 aliphatic carbocycles. The van der Waals surface area contributed by atoms with Crippen LogP contribution in [0.4, 0.5) is 13.2 Å². The van der Waals surface area contributed by atoms with Crippen LogP contribution < -0.4 is 0 Å². The average Bonchev–Trinajstić information content (AvgIpc) is 2.65. The lowest BCUT2D eigenvalue weighted by Gasteiger charge is -2.36. The summed E-state index contributed by atoms with van der Waals surface area (Å²) in [7, 11) is -1.29. The van der Waals surface area contributed by atoms with Gasteiger partial charge in [-0.2, -0.15) is 13.2 Å². The van der Waals surface area contributed by atoms with Crippen molar-refractivity contribution in [3.63, 3.8) is 0 Å². The van der Waals surface area contributed by atoms with Crippen molar-refractivity contribution >= 4 is 37.8 Å². The molecule has 0 spiro atoms. The largest absolute Gasteiger partial charge is 0.466 e. The van der Waals surface area contributed by atoms with Gasteiger partial charge in [0.05, 0.1) is 16.9 Å². The number of hydrogen-bond donors (Lipinski definition) is 0. The maximum atomic E-state index is 13.5. The molecular formula is C11H17F3O3S2Si. The van der Waals surface area contributed by atoms with Crippen LogP contribution in [0.1, 0.15) is 6.42 Å². The maximum Gasteiger partial charge on any atom is 0.426 e. The van der Waals surface area contributed by atoms with Gasteiger partial charge in [-0.15, -0.1) is 11.8 Å². The number of rotatable bonds is 4. The number of carbonyl (C=O) groups is 1. The molecule has 1 unspecified atom stereocenters. The first-order chi connectivity index (χ1) is 8.96. The molecule has 0 saturated heterocycles. The number of carbonyl (C=O) groups excluding carboxylic acids is 1. The molecule has 1 aliphatic heterocycles. The van der Waals surface area contributed by atoms with Crippen LogP contribution in [0.3, 0.4) is 0 Å². The molecule has 1 atom stereocenters. The van der Waals surface area contributed by atoms with Crippen molar-refractivity contribution in [2.24, 2.45) is 0 Å². The van der Waals surface area contributed by atoms with E-state index >= 15 is 0 Å². The van der Waals surface area contributed by atoms with E-state index in [0.29, 0.717) is 16.0 Å². The molecule has 0 radical (unpaired) electrons. The summed E-state index contributed by atoms with van der Waals surface area (Å²) >= 11 is 1.68. The summed E-state index contributed by atoms with van der Waals surface area (Å²) in [5, 5.41) is 0. The third-order valence-electron chi connectivity index (χ3n) is 2.43. The zero-order valence-corrected chi connectivity index (χ0v) is 14.5. The normalized spacial score (nSPS) is 24.2. The fourth-order valence-corrected chi connectivity index (χ4v) is 5.91. The highest BCUT2D eigenvalue weighted by Gasteiger charge is 2.62. The zero-order chi connectivity index (χ0) is 15.8. The lowest BCUT2D eigenvalue weighted by Crippen LogP contribution is -2.49. The van der Waals surface area contributed by atoms with Crippen molar-refractivity contribution in [3.8, 4) is 0 Å². The Kier molecular flexibility index (Phi) is 5.32. The number of methoxy groups -OCH3 is 1. The van der Waals surface area contributed by atoms with Crippen LogP contribution in [0.2, 0.25) is 19.6 Å². The number of halogens is 3. The summed E-state index contributed by atoms with van der Waals surface area (Å²) < 4.78 is 50.8. The summed E-state index contributed by atoms with van der Waals surface area (Å²) in [5.41, 5.74) is 0.0422. The first kappa shape index (κ1) is 17.9. The van der Waals surface area contributed by atoms with Gasteiger partial charge in [-0.3, -0.25) is 0 Å². The fraction of sp³-hybridized carbons (Fsp3) is 0.727. The number of ether oxygens (including phenoxy) is 1. The molecule has 0 aromatic heterocycles. The number of hydrogen-bond acceptors (Lipinski definition) is 5. The molecular weight excluding hydrogens is 329 g/mol. The van der Waals surface area contributed by atoms with E-state index < -0.39 is 31.8 Å². The van der Waals surface area contributed by atoms with Gasteiger partial charge >= 0.3 is 12.1 Å². The fourth-order valence-electron chi connectivity index (χ4n) is 1.76. The van der Waals surface area contributed by atoms with E-state index in [-0.39, 0.29) is 5.57 Å². The SMILES string of the molecule is COC(=O)C1=C(SC)SC(O[Si](C)(C)C)(C(F)(F)F)C1. The second-order valence-corrected chi connectivity index (χ2v) is 12.0. The van der Waals surface area contributed by atoms with Gasteiger partial charge in [0.15, 0.2) is 8.32 Å². The Morgan fingerprint density at radius 1 is 1.40 bits per heavy atom. The second-order valence-electron chi connectivity index (χ2n) is 5.21. The third kappa shape index (κ3) is 3.74. The molecule has 0 aromatic rings. The summed E-state index contributed by atoms with van der Waals surface area (Å²) in [6.07, 6.45) is -3.44. The van der Waals surface area contributed by atoms with E-state index in [4.69, 9.17) is 4.43 Å². The predicted octanol–water partition coefficient (Wildman–Crippen LogP) is 3.98. The van der Waals surface area contributed by atoms with Gasteiger partial charge < -0.3 is 9.16 Å². The lowest BCUT2D eigenvalue weighted by molar-refractivity contribution is -0.212. The van der Waals surface area contributed by atoms with E-state index in [1.54, 1.807) is 25.9 Å². The second kappa shape index (κ2) is 5.94. The highest BCUT2D eigenvalue weighted by Crippen LogP contribution is 2.58. The van der Waals surface area contributed by atoms with Gasteiger partial charge in [-0.05, 0) is 25.9 Å². The van der Waals surface area contributed by atoms with Gasteiger partial charge in [0.1, 0.15) is 0 Å². The Balaban J connectivity index is 3.18. The third-order valence-corrected chi connectivity index (χ3v) is 6.13. The Hall–Kier alpha value is -0.123. The molecule has 0 fully saturated rings. The van der Waals surface area contributed by atoms with Gasteiger partial charge in [0.25, 0.3) is 0 Å². The molecule has 9 heteroatoms. The van der Waals surface area contributed by atoms with E-state index in [0.717, 1.165) is 18.9 Å². The van der Waals surface area contributed by atoms with Crippen molar-refractivity contribution in [2.45, 2.75) is 37.2 Å². The predicted molar refractivity (Wildman–Crippen MR) is 78.0 cm³/mol. The maximum absolute atomic E-state index is 13.5. The Morgan fingerprint density at radius 3 is 2.30 bits per heavy atom. The van der Waals surface area contributed by atoms with Gasteiger partial charge in [-0.25, -0.2) is 4.79 Å². The molecule has 1 heterocycles. The smallest absolute Gasteiger partial charge is 0.426 e. The van der Waals surface area contributed by atoms with E-state index in [1.165, 1.54) is 0 Å². The minimum Gasteiger partial charge on any atom is -0.466 e. The number of esters is 1. The van der Waals surface area contributed by atoms with Gasteiger partial charge in [0.2, 0.25) is 4.93 Å². The lowest BCUT2D eigenvalue weighted by atomic mass is 10.1. The van der Waals surface area contributed by atoms with E-state index in [9.17, 15) is 18.0 Å². The highest BCUT2D eigenvalue weighted by molar-refractivity contribution is 8.22. The summed E-state index contributed by atoms with van der Waals surface area (Å²) in [6.45, 7) is 5.07. The minimum absolute atomic E-state index is 0.0422. The number of thioether (sulfide) groups is 2. The Labute approximate surface area is 125 Å². The average molecular weight is 346 g/mol. The molecule has 1 rings (SSSR count). The minimum atomic E-state index is -4.56. The van der Waals surface area contributed by atoms with Crippen LogP contribution in [-0.2, 0) is 14.0 Å². The van der Waals surface area contributed by atoms with Crippen LogP contribution >= 0.6 is 23.5 Å². The molecule has 0 amide bonds. The molecule has 0 saturated carbocycles. The first-order valence-corrected chi connectivity index (χ1v) is 11.2.